The molecule has 0 aromatic carbocycles. The van der Waals surface area contributed by atoms with Crippen LogP contribution < -0.4 is 4.90 Å². The summed E-state index contributed by atoms with van der Waals surface area (Å²) in [6.45, 7) is 8.39. The molecule has 0 spiro atoms. The fourth-order valence-electron chi connectivity index (χ4n) is 2.46. The summed E-state index contributed by atoms with van der Waals surface area (Å²) in [6.07, 6.45) is 1.17. The average molecular weight is 313 g/mol. The van der Waals surface area contributed by atoms with E-state index in [1.54, 1.807) is 0 Å². The van der Waals surface area contributed by atoms with E-state index in [0.717, 1.165) is 32.1 Å². The zero-order valence-electron chi connectivity index (χ0n) is 12.8. The number of piperazine rings is 1. The number of nitrogens with zero attached hydrogens (tertiary/aromatic N) is 5. The van der Waals surface area contributed by atoms with Gasteiger partial charge < -0.3 is 10.0 Å². The number of hydrogen-bond donors (Lipinski definition) is 1. The maximum atomic E-state index is 10.6. The van der Waals surface area contributed by atoms with Gasteiger partial charge in [0.2, 0.25) is 5.95 Å². The first kappa shape index (κ1) is 16.1. The number of aliphatic carboxylic acids is 1. The molecule has 0 amide bonds. The Kier molecular flexibility index (Phi) is 5.46. The van der Waals surface area contributed by atoms with Crippen molar-refractivity contribution < 1.29 is 9.90 Å². The third-order valence-electron chi connectivity index (χ3n) is 3.95. The summed E-state index contributed by atoms with van der Waals surface area (Å²) in [4.78, 5) is 15.3. The van der Waals surface area contributed by atoms with Gasteiger partial charge in [-0.2, -0.15) is 0 Å². The minimum Gasteiger partial charge on any atom is -0.481 e. The molecular weight excluding hydrogens is 290 g/mol. The summed E-state index contributed by atoms with van der Waals surface area (Å²) in [5.41, 5.74) is 0. The van der Waals surface area contributed by atoms with Gasteiger partial charge in [-0.1, -0.05) is 18.7 Å². The van der Waals surface area contributed by atoms with Gasteiger partial charge in [-0.3, -0.25) is 14.3 Å². The van der Waals surface area contributed by atoms with Gasteiger partial charge in [-0.05, 0) is 13.3 Å². The molecule has 1 aromatic rings. The number of rotatable bonds is 6. The van der Waals surface area contributed by atoms with Gasteiger partial charge in [0.15, 0.2) is 5.16 Å². The van der Waals surface area contributed by atoms with Crippen molar-refractivity contribution in [3.63, 3.8) is 0 Å². The van der Waals surface area contributed by atoms with E-state index in [1.807, 2.05) is 11.6 Å². The van der Waals surface area contributed by atoms with Crippen molar-refractivity contribution in [2.24, 2.45) is 7.05 Å². The molecule has 1 aliphatic heterocycles. The first-order valence-corrected chi connectivity index (χ1v) is 8.24. The van der Waals surface area contributed by atoms with Crippen LogP contribution in [0.5, 0.6) is 0 Å². The van der Waals surface area contributed by atoms with Crippen LogP contribution in [0, 0.1) is 0 Å². The number of carboxylic acid groups (broad SMARTS) is 1. The Morgan fingerprint density at radius 1 is 1.33 bits per heavy atom. The predicted octanol–water partition coefficient (Wildman–Crippen LogP) is 0.912. The fourth-order valence-corrected chi connectivity index (χ4v) is 3.08. The maximum Gasteiger partial charge on any atom is 0.313 e. The van der Waals surface area contributed by atoms with E-state index in [0.29, 0.717) is 11.2 Å². The van der Waals surface area contributed by atoms with Gasteiger partial charge in [0.05, 0.1) is 5.75 Å². The van der Waals surface area contributed by atoms with E-state index < -0.39 is 5.97 Å². The molecule has 1 atom stereocenters. The Bertz CT molecular complexity index is 485. The summed E-state index contributed by atoms with van der Waals surface area (Å²) in [5.74, 6) is -0.00766. The lowest BCUT2D eigenvalue weighted by Crippen LogP contribution is -2.50. The molecule has 1 N–H and O–H groups in total. The van der Waals surface area contributed by atoms with Gasteiger partial charge in [0.1, 0.15) is 0 Å². The van der Waals surface area contributed by atoms with Crippen molar-refractivity contribution in [3.05, 3.63) is 0 Å². The fraction of sp³-hybridized carbons (Fsp3) is 0.769. The van der Waals surface area contributed by atoms with Gasteiger partial charge >= 0.3 is 5.97 Å². The maximum absolute atomic E-state index is 10.6. The number of anilines is 1. The van der Waals surface area contributed by atoms with Crippen LogP contribution in [0.3, 0.4) is 0 Å². The molecule has 2 rings (SSSR count). The Morgan fingerprint density at radius 3 is 2.57 bits per heavy atom. The molecule has 1 fully saturated rings. The SMILES string of the molecule is CCC(C)N1CCN(c2nnc(SCC(=O)O)n2C)CC1. The summed E-state index contributed by atoms with van der Waals surface area (Å²) in [5, 5.41) is 17.7. The molecule has 0 saturated carbocycles. The number of aromatic nitrogens is 3. The Balaban J connectivity index is 1.96. The number of thioether (sulfide) groups is 1. The molecule has 21 heavy (non-hydrogen) atoms. The highest BCUT2D eigenvalue weighted by Crippen LogP contribution is 2.21. The molecule has 2 heterocycles. The first-order chi connectivity index (χ1) is 10.0. The molecule has 0 bridgehead atoms. The largest absolute Gasteiger partial charge is 0.481 e. The third-order valence-corrected chi connectivity index (χ3v) is 4.95. The molecule has 1 saturated heterocycles. The van der Waals surface area contributed by atoms with Crippen molar-refractivity contribution in [1.82, 2.24) is 19.7 Å². The molecule has 1 aromatic heterocycles. The van der Waals surface area contributed by atoms with E-state index in [-0.39, 0.29) is 5.75 Å². The summed E-state index contributed by atoms with van der Waals surface area (Å²) in [7, 11) is 1.89. The van der Waals surface area contributed by atoms with Gasteiger partial charge in [-0.25, -0.2) is 0 Å². The highest BCUT2D eigenvalue weighted by molar-refractivity contribution is 7.99. The quantitative estimate of drug-likeness (QED) is 0.782. The van der Waals surface area contributed by atoms with Crippen LogP contribution >= 0.6 is 11.8 Å². The molecule has 7 nitrogen and oxygen atoms in total. The van der Waals surface area contributed by atoms with E-state index >= 15 is 0 Å². The average Bonchev–Trinajstić information content (AvgIpc) is 2.85. The lowest BCUT2D eigenvalue weighted by Gasteiger charge is -2.37. The van der Waals surface area contributed by atoms with Crippen molar-refractivity contribution in [2.75, 3.05) is 36.8 Å². The van der Waals surface area contributed by atoms with Crippen molar-refractivity contribution in [3.8, 4) is 0 Å². The Labute approximate surface area is 129 Å². The Morgan fingerprint density at radius 2 is 2.00 bits per heavy atom. The van der Waals surface area contributed by atoms with Crippen molar-refractivity contribution in [2.45, 2.75) is 31.5 Å². The number of carbonyl (C=O) groups is 1. The van der Waals surface area contributed by atoms with Crippen LogP contribution in [0.1, 0.15) is 20.3 Å². The second kappa shape index (κ2) is 7.13. The van der Waals surface area contributed by atoms with Crippen LogP contribution in [-0.4, -0.2) is 68.7 Å². The second-order valence-corrected chi connectivity index (χ2v) is 6.25. The first-order valence-electron chi connectivity index (χ1n) is 7.26. The topological polar surface area (TPSA) is 74.5 Å². The minimum atomic E-state index is -0.841. The normalized spacial score (nSPS) is 18.0. The van der Waals surface area contributed by atoms with E-state index in [9.17, 15) is 4.79 Å². The molecule has 8 heteroatoms. The van der Waals surface area contributed by atoms with Gasteiger partial charge in [-0.15, -0.1) is 10.2 Å². The summed E-state index contributed by atoms with van der Waals surface area (Å²) in [6, 6.07) is 0.619. The van der Waals surface area contributed by atoms with E-state index in [4.69, 9.17) is 5.11 Å². The molecule has 118 valence electrons. The van der Waals surface area contributed by atoms with Crippen molar-refractivity contribution in [1.29, 1.82) is 0 Å². The highest BCUT2D eigenvalue weighted by Gasteiger charge is 2.23. The number of hydrogen-bond acceptors (Lipinski definition) is 6. The number of carboxylic acids is 1. The van der Waals surface area contributed by atoms with Crippen LogP contribution in [0.2, 0.25) is 0 Å². The molecule has 1 aliphatic rings. The minimum absolute atomic E-state index is 0.00770. The van der Waals surface area contributed by atoms with Crippen LogP contribution in [0.15, 0.2) is 5.16 Å². The van der Waals surface area contributed by atoms with E-state index in [1.165, 1.54) is 18.2 Å². The summed E-state index contributed by atoms with van der Waals surface area (Å²) >= 11 is 1.20. The van der Waals surface area contributed by atoms with Crippen LogP contribution in [0.25, 0.3) is 0 Å². The standard InChI is InChI=1S/C13H23N5O2S/c1-4-10(2)17-5-7-18(8-6-17)12-14-15-13(16(12)3)21-9-11(19)20/h10H,4-9H2,1-3H3,(H,19,20). The third kappa shape index (κ3) is 3.88. The molecular formula is C13H23N5O2S. The zero-order chi connectivity index (χ0) is 15.4. The smallest absolute Gasteiger partial charge is 0.313 e. The second-order valence-electron chi connectivity index (χ2n) is 5.30. The van der Waals surface area contributed by atoms with E-state index in [2.05, 4.69) is 33.8 Å². The monoisotopic (exact) mass is 313 g/mol. The van der Waals surface area contributed by atoms with Crippen molar-refractivity contribution >= 4 is 23.7 Å². The van der Waals surface area contributed by atoms with Crippen LogP contribution in [0.4, 0.5) is 5.95 Å². The lowest BCUT2D eigenvalue weighted by atomic mass is 10.2. The van der Waals surface area contributed by atoms with Gasteiger partial charge in [0.25, 0.3) is 0 Å². The zero-order valence-corrected chi connectivity index (χ0v) is 13.6. The molecule has 0 radical (unpaired) electrons. The predicted molar refractivity (Wildman–Crippen MR) is 82.9 cm³/mol. The highest BCUT2D eigenvalue weighted by atomic mass is 32.2. The molecule has 1 unspecified atom stereocenters. The Hall–Kier alpha value is -1.28. The lowest BCUT2D eigenvalue weighted by molar-refractivity contribution is -0.133. The summed E-state index contributed by atoms with van der Waals surface area (Å²) < 4.78 is 1.88. The van der Waals surface area contributed by atoms with Crippen LogP contribution in [-0.2, 0) is 11.8 Å². The van der Waals surface area contributed by atoms with Gasteiger partial charge in [0, 0.05) is 39.3 Å². The molecule has 0 aliphatic carbocycles.